The Kier molecular flexibility index (Phi) is 7.03. The molecule has 4 N–H and O–H groups in total. The third-order valence-electron chi connectivity index (χ3n) is 2.94. The fraction of sp³-hybridized carbons (Fsp3) is 0.818. The number of thioether (sulfide) groups is 1. The number of rotatable bonds is 7. The van der Waals surface area contributed by atoms with Gasteiger partial charge < -0.3 is 16.3 Å². The minimum Gasteiger partial charge on any atom is -0.409 e. The summed E-state index contributed by atoms with van der Waals surface area (Å²) in [6.07, 6.45) is 2.52. The molecule has 100 valence electrons. The number of carbonyl (C=O) groups excluding carboxylic acids is 1. The van der Waals surface area contributed by atoms with Gasteiger partial charge in [-0.05, 0) is 31.3 Å². The van der Waals surface area contributed by atoms with Gasteiger partial charge in [-0.25, -0.2) is 0 Å². The second-order valence-electron chi connectivity index (χ2n) is 4.44. The van der Waals surface area contributed by atoms with Crippen molar-refractivity contribution >= 4 is 23.5 Å². The number of nitrogens with zero attached hydrogens (tertiary/aromatic N) is 1. The van der Waals surface area contributed by atoms with Crippen molar-refractivity contribution in [3.8, 4) is 0 Å². The molecule has 0 aliphatic heterocycles. The Balaban J connectivity index is 4.47. The molecule has 0 aliphatic carbocycles. The summed E-state index contributed by atoms with van der Waals surface area (Å²) in [4.78, 5) is 12.0. The van der Waals surface area contributed by atoms with Crippen molar-refractivity contribution in [3.05, 3.63) is 0 Å². The Hall–Kier alpha value is -0.910. The van der Waals surface area contributed by atoms with Crippen molar-refractivity contribution in [1.82, 2.24) is 5.32 Å². The van der Waals surface area contributed by atoms with Crippen LogP contribution in [0.3, 0.4) is 0 Å². The van der Waals surface area contributed by atoms with Crippen LogP contribution < -0.4 is 11.1 Å². The quantitative estimate of drug-likeness (QED) is 0.279. The maximum Gasteiger partial charge on any atom is 0.233 e. The molecular formula is C11H23N3O2S. The summed E-state index contributed by atoms with van der Waals surface area (Å²) in [7, 11) is 0. The molecule has 0 aromatic heterocycles. The highest BCUT2D eigenvalue weighted by Crippen LogP contribution is 2.21. The van der Waals surface area contributed by atoms with Gasteiger partial charge in [0.05, 0.1) is 0 Å². The molecule has 0 spiro atoms. The van der Waals surface area contributed by atoms with E-state index in [1.54, 1.807) is 18.7 Å². The van der Waals surface area contributed by atoms with Gasteiger partial charge in [-0.1, -0.05) is 19.0 Å². The van der Waals surface area contributed by atoms with Crippen molar-refractivity contribution in [1.29, 1.82) is 0 Å². The van der Waals surface area contributed by atoms with Crippen LogP contribution in [0.1, 0.15) is 27.2 Å². The van der Waals surface area contributed by atoms with Crippen LogP contribution in [0, 0.1) is 11.3 Å². The first-order valence-corrected chi connectivity index (χ1v) is 7.07. The third-order valence-corrected chi connectivity index (χ3v) is 3.85. The number of nitrogens with one attached hydrogen (secondary N) is 1. The van der Waals surface area contributed by atoms with Crippen molar-refractivity contribution < 1.29 is 10.0 Å². The molecule has 0 rings (SSSR count). The van der Waals surface area contributed by atoms with Crippen molar-refractivity contribution in [3.63, 3.8) is 0 Å². The number of amidine groups is 1. The highest BCUT2D eigenvalue weighted by Gasteiger charge is 2.36. The maximum atomic E-state index is 12.0. The second-order valence-corrected chi connectivity index (χ2v) is 5.35. The molecule has 2 unspecified atom stereocenters. The molecule has 5 nitrogen and oxygen atoms in total. The molecule has 0 radical (unpaired) electrons. The first-order valence-electron chi connectivity index (χ1n) is 5.67. The van der Waals surface area contributed by atoms with E-state index in [0.717, 1.165) is 5.75 Å². The van der Waals surface area contributed by atoms with Crippen LogP contribution in [-0.2, 0) is 4.79 Å². The number of carbonyl (C=O) groups is 1. The lowest BCUT2D eigenvalue weighted by Crippen LogP contribution is -2.48. The summed E-state index contributed by atoms with van der Waals surface area (Å²) < 4.78 is 0. The van der Waals surface area contributed by atoms with Gasteiger partial charge >= 0.3 is 0 Å². The fourth-order valence-corrected chi connectivity index (χ4v) is 2.06. The SMILES string of the molecule is CCC(C)(C(=O)NCC(C)CSC)C(N)=NO. The zero-order valence-electron chi connectivity index (χ0n) is 11.0. The van der Waals surface area contributed by atoms with E-state index in [9.17, 15) is 4.79 Å². The lowest BCUT2D eigenvalue weighted by atomic mass is 9.85. The number of amides is 1. The Morgan fingerprint density at radius 1 is 1.65 bits per heavy atom. The lowest BCUT2D eigenvalue weighted by molar-refractivity contribution is -0.127. The number of nitrogens with two attached hydrogens (primary N) is 1. The van der Waals surface area contributed by atoms with Crippen LogP contribution in [0.25, 0.3) is 0 Å². The molecule has 0 saturated heterocycles. The van der Waals surface area contributed by atoms with Crippen molar-refractivity contribution in [2.24, 2.45) is 22.2 Å². The summed E-state index contributed by atoms with van der Waals surface area (Å²) in [5, 5.41) is 14.5. The first kappa shape index (κ1) is 16.1. The largest absolute Gasteiger partial charge is 0.409 e. The fourth-order valence-electron chi connectivity index (χ4n) is 1.37. The van der Waals surface area contributed by atoms with Gasteiger partial charge in [-0.15, -0.1) is 0 Å². The van der Waals surface area contributed by atoms with Crippen LogP contribution >= 0.6 is 11.8 Å². The highest BCUT2D eigenvalue weighted by molar-refractivity contribution is 7.98. The van der Waals surface area contributed by atoms with E-state index in [1.165, 1.54) is 0 Å². The van der Waals surface area contributed by atoms with Gasteiger partial charge in [-0.3, -0.25) is 4.79 Å². The maximum absolute atomic E-state index is 12.0. The van der Waals surface area contributed by atoms with Crippen LogP contribution in [0.15, 0.2) is 5.16 Å². The van der Waals surface area contributed by atoms with E-state index in [0.29, 0.717) is 18.9 Å². The molecule has 0 aromatic rings. The average Bonchev–Trinajstić information content (AvgIpc) is 2.34. The van der Waals surface area contributed by atoms with Gasteiger partial charge in [-0.2, -0.15) is 11.8 Å². The molecule has 17 heavy (non-hydrogen) atoms. The van der Waals surface area contributed by atoms with Gasteiger partial charge in [0.1, 0.15) is 5.41 Å². The van der Waals surface area contributed by atoms with Crippen molar-refractivity contribution in [2.75, 3.05) is 18.6 Å². The predicted molar refractivity (Wildman–Crippen MR) is 72.4 cm³/mol. The number of hydrogen-bond acceptors (Lipinski definition) is 4. The molecule has 6 heteroatoms. The van der Waals surface area contributed by atoms with Gasteiger partial charge in [0.2, 0.25) is 5.91 Å². The van der Waals surface area contributed by atoms with Gasteiger partial charge in [0, 0.05) is 6.54 Å². The molecule has 0 fully saturated rings. The van der Waals surface area contributed by atoms with E-state index in [-0.39, 0.29) is 11.7 Å². The first-order chi connectivity index (χ1) is 7.92. The lowest BCUT2D eigenvalue weighted by Gasteiger charge is -2.26. The summed E-state index contributed by atoms with van der Waals surface area (Å²) in [5.74, 6) is 1.16. The Morgan fingerprint density at radius 2 is 2.24 bits per heavy atom. The van der Waals surface area contributed by atoms with Crippen molar-refractivity contribution in [2.45, 2.75) is 27.2 Å². The minimum absolute atomic E-state index is 0.0463. The zero-order valence-corrected chi connectivity index (χ0v) is 11.8. The van der Waals surface area contributed by atoms with Crippen LogP contribution in [0.4, 0.5) is 0 Å². The van der Waals surface area contributed by atoms with Crippen LogP contribution in [0.2, 0.25) is 0 Å². The summed E-state index contributed by atoms with van der Waals surface area (Å²) >= 11 is 1.75. The predicted octanol–water partition coefficient (Wildman–Crippen LogP) is 1.26. The summed E-state index contributed by atoms with van der Waals surface area (Å²) in [6, 6.07) is 0. The minimum atomic E-state index is -0.937. The van der Waals surface area contributed by atoms with E-state index >= 15 is 0 Å². The third kappa shape index (κ3) is 4.46. The molecule has 2 atom stereocenters. The Morgan fingerprint density at radius 3 is 2.65 bits per heavy atom. The molecule has 0 bridgehead atoms. The zero-order chi connectivity index (χ0) is 13.5. The van der Waals surface area contributed by atoms with Crippen LogP contribution in [0.5, 0.6) is 0 Å². The second kappa shape index (κ2) is 7.42. The normalized spacial score (nSPS) is 17.3. The van der Waals surface area contributed by atoms with E-state index in [2.05, 4.69) is 17.4 Å². The Bertz CT molecular complexity index is 284. The molecular weight excluding hydrogens is 238 g/mol. The summed E-state index contributed by atoms with van der Waals surface area (Å²) in [5.41, 5.74) is 4.63. The van der Waals surface area contributed by atoms with Gasteiger partial charge in [0.15, 0.2) is 5.84 Å². The molecule has 0 saturated carbocycles. The van der Waals surface area contributed by atoms with E-state index < -0.39 is 5.41 Å². The number of oxime groups is 1. The highest BCUT2D eigenvalue weighted by atomic mass is 32.2. The number of hydrogen-bond donors (Lipinski definition) is 3. The molecule has 0 aliphatic rings. The van der Waals surface area contributed by atoms with Crippen LogP contribution in [-0.4, -0.2) is 35.5 Å². The topological polar surface area (TPSA) is 87.7 Å². The monoisotopic (exact) mass is 261 g/mol. The smallest absolute Gasteiger partial charge is 0.233 e. The molecule has 0 heterocycles. The Labute approximate surface area is 107 Å². The standard InChI is InChI=1S/C11H23N3O2S/c1-5-11(3,9(12)14-16)10(15)13-6-8(2)7-17-4/h8,16H,5-7H2,1-4H3,(H2,12,14)(H,13,15). The van der Waals surface area contributed by atoms with E-state index in [4.69, 9.17) is 10.9 Å². The molecule has 1 amide bonds. The van der Waals surface area contributed by atoms with Gasteiger partial charge in [0.25, 0.3) is 0 Å². The van der Waals surface area contributed by atoms with E-state index in [1.807, 2.05) is 13.2 Å². The summed E-state index contributed by atoms with van der Waals surface area (Å²) in [6.45, 7) is 6.19. The average molecular weight is 261 g/mol. The molecule has 0 aromatic carbocycles.